The molecule has 0 unspecified atom stereocenters. The Kier molecular flexibility index (Phi) is 5.87. The summed E-state index contributed by atoms with van der Waals surface area (Å²) in [5, 5.41) is 4.27. The number of nitrogens with one attached hydrogen (secondary N) is 1. The highest BCUT2D eigenvalue weighted by molar-refractivity contribution is 6.35. The van der Waals surface area contributed by atoms with Crippen molar-refractivity contribution in [1.29, 1.82) is 0 Å². The van der Waals surface area contributed by atoms with E-state index in [4.69, 9.17) is 23.2 Å². The van der Waals surface area contributed by atoms with E-state index in [0.29, 0.717) is 47.8 Å². The molecular weight excluding hydrogens is 361 g/mol. The zero-order valence-corrected chi connectivity index (χ0v) is 15.8. The van der Waals surface area contributed by atoms with Crippen LogP contribution in [0.5, 0.6) is 0 Å². The molecular formula is C18H23Cl2N3O2. The topological polar surface area (TPSA) is 52.7 Å². The van der Waals surface area contributed by atoms with Gasteiger partial charge in [0.1, 0.15) is 0 Å². The van der Waals surface area contributed by atoms with Gasteiger partial charge in [-0.25, -0.2) is 0 Å². The summed E-state index contributed by atoms with van der Waals surface area (Å²) in [7, 11) is 0. The highest BCUT2D eigenvalue weighted by atomic mass is 35.5. The molecule has 0 aliphatic carbocycles. The molecule has 2 amide bonds. The van der Waals surface area contributed by atoms with Crippen LogP contribution in [0.3, 0.4) is 0 Å². The molecule has 1 N–H and O–H groups in total. The summed E-state index contributed by atoms with van der Waals surface area (Å²) >= 11 is 12.0. The Morgan fingerprint density at radius 1 is 1.04 bits per heavy atom. The first-order valence-electron chi connectivity index (χ1n) is 8.71. The normalized spacial score (nSPS) is 24.3. The van der Waals surface area contributed by atoms with Gasteiger partial charge in [-0.05, 0) is 44.5 Å². The maximum absolute atomic E-state index is 12.7. The number of piperidine rings is 1. The Bertz CT molecular complexity index is 639. The number of nitrogens with zero attached hydrogens (tertiary/aromatic N) is 2. The average Bonchev–Trinajstić information content (AvgIpc) is 2.60. The van der Waals surface area contributed by atoms with Crippen molar-refractivity contribution in [3.05, 3.63) is 33.8 Å². The van der Waals surface area contributed by atoms with Crippen LogP contribution in [-0.2, 0) is 4.79 Å². The Morgan fingerprint density at radius 2 is 1.64 bits per heavy atom. The van der Waals surface area contributed by atoms with Crippen molar-refractivity contribution in [3.63, 3.8) is 0 Å². The van der Waals surface area contributed by atoms with Gasteiger partial charge in [0.2, 0.25) is 5.91 Å². The van der Waals surface area contributed by atoms with E-state index in [2.05, 4.69) is 12.2 Å². The van der Waals surface area contributed by atoms with Crippen molar-refractivity contribution >= 4 is 35.0 Å². The first kappa shape index (κ1) is 18.5. The van der Waals surface area contributed by atoms with Gasteiger partial charge in [-0.15, -0.1) is 0 Å². The first-order chi connectivity index (χ1) is 11.9. The molecule has 1 aromatic rings. The zero-order chi connectivity index (χ0) is 18.0. The van der Waals surface area contributed by atoms with Crippen LogP contribution in [0.4, 0.5) is 0 Å². The number of carbonyl (C=O) groups excluding carboxylic acids is 2. The van der Waals surface area contributed by atoms with Crippen LogP contribution >= 0.6 is 23.2 Å². The van der Waals surface area contributed by atoms with E-state index < -0.39 is 0 Å². The Hall–Kier alpha value is -1.30. The Morgan fingerprint density at radius 3 is 2.24 bits per heavy atom. The molecule has 5 nitrogen and oxygen atoms in total. The standard InChI is InChI=1S/C18H23Cl2N3O2/c1-12-8-13(2-3-21-12)17(24)22-4-6-23(7-5-22)18(25)14-9-15(19)11-16(20)10-14/h9-13,21H,2-8H2,1H3/t12-,13-/m0/s1. The molecule has 0 saturated carbocycles. The van der Waals surface area contributed by atoms with E-state index in [-0.39, 0.29) is 17.7 Å². The first-order valence-corrected chi connectivity index (χ1v) is 9.47. The van der Waals surface area contributed by atoms with E-state index in [1.54, 1.807) is 23.1 Å². The summed E-state index contributed by atoms with van der Waals surface area (Å²) in [4.78, 5) is 29.0. The molecule has 0 aromatic heterocycles. The van der Waals surface area contributed by atoms with Gasteiger partial charge in [0, 0.05) is 53.7 Å². The van der Waals surface area contributed by atoms with Crippen LogP contribution in [-0.4, -0.2) is 60.4 Å². The average molecular weight is 384 g/mol. The Labute approximate surface area is 158 Å². The molecule has 0 spiro atoms. The van der Waals surface area contributed by atoms with Gasteiger partial charge >= 0.3 is 0 Å². The number of benzene rings is 1. The van der Waals surface area contributed by atoms with Crippen molar-refractivity contribution in [1.82, 2.24) is 15.1 Å². The van der Waals surface area contributed by atoms with Crippen LogP contribution < -0.4 is 5.32 Å². The highest BCUT2D eigenvalue weighted by Gasteiger charge is 2.31. The quantitative estimate of drug-likeness (QED) is 0.853. The molecule has 136 valence electrons. The van der Waals surface area contributed by atoms with Crippen LogP contribution in [0, 0.1) is 5.92 Å². The second-order valence-corrected chi connectivity index (χ2v) is 7.72. The number of rotatable bonds is 2. The second-order valence-electron chi connectivity index (χ2n) is 6.85. The van der Waals surface area contributed by atoms with Crippen molar-refractivity contribution in [2.45, 2.75) is 25.8 Å². The van der Waals surface area contributed by atoms with Crippen molar-refractivity contribution in [2.24, 2.45) is 5.92 Å². The molecule has 0 bridgehead atoms. The van der Waals surface area contributed by atoms with Crippen molar-refractivity contribution < 1.29 is 9.59 Å². The van der Waals surface area contributed by atoms with Gasteiger partial charge in [0.15, 0.2) is 0 Å². The molecule has 7 heteroatoms. The minimum Gasteiger partial charge on any atom is -0.339 e. The van der Waals surface area contributed by atoms with E-state index in [0.717, 1.165) is 19.4 Å². The summed E-state index contributed by atoms with van der Waals surface area (Å²) in [6, 6.07) is 5.25. The lowest BCUT2D eigenvalue weighted by atomic mass is 9.92. The van der Waals surface area contributed by atoms with Crippen LogP contribution in [0.15, 0.2) is 18.2 Å². The van der Waals surface area contributed by atoms with Gasteiger partial charge < -0.3 is 15.1 Å². The van der Waals surface area contributed by atoms with Crippen molar-refractivity contribution in [3.8, 4) is 0 Å². The fraction of sp³-hybridized carbons (Fsp3) is 0.556. The predicted molar refractivity (Wildman–Crippen MR) is 99.1 cm³/mol. The number of hydrogen-bond donors (Lipinski definition) is 1. The number of halogens is 2. The fourth-order valence-corrected chi connectivity index (χ4v) is 4.13. The van der Waals surface area contributed by atoms with Gasteiger partial charge in [-0.1, -0.05) is 23.2 Å². The fourth-order valence-electron chi connectivity index (χ4n) is 3.60. The lowest BCUT2D eigenvalue weighted by molar-refractivity contribution is -0.138. The molecule has 3 rings (SSSR count). The van der Waals surface area contributed by atoms with Crippen LogP contribution in [0.2, 0.25) is 10.0 Å². The molecule has 25 heavy (non-hydrogen) atoms. The zero-order valence-electron chi connectivity index (χ0n) is 14.3. The summed E-state index contributed by atoms with van der Waals surface area (Å²) in [6.45, 7) is 5.25. The van der Waals surface area contributed by atoms with E-state index in [1.165, 1.54) is 0 Å². The summed E-state index contributed by atoms with van der Waals surface area (Å²) in [6.07, 6.45) is 1.78. The van der Waals surface area contributed by atoms with Gasteiger partial charge in [-0.3, -0.25) is 9.59 Å². The minimum absolute atomic E-state index is 0.0908. The van der Waals surface area contributed by atoms with Gasteiger partial charge in [0.05, 0.1) is 0 Å². The number of carbonyl (C=O) groups is 2. The maximum atomic E-state index is 12.7. The molecule has 1 aromatic carbocycles. The van der Waals surface area contributed by atoms with Gasteiger partial charge in [-0.2, -0.15) is 0 Å². The van der Waals surface area contributed by atoms with Crippen LogP contribution in [0.1, 0.15) is 30.1 Å². The van der Waals surface area contributed by atoms with Crippen molar-refractivity contribution in [2.75, 3.05) is 32.7 Å². The lowest BCUT2D eigenvalue weighted by Gasteiger charge is -2.38. The molecule has 2 aliphatic rings. The Balaban J connectivity index is 1.57. The summed E-state index contributed by atoms with van der Waals surface area (Å²) in [5.74, 6) is 0.239. The molecule has 0 radical (unpaired) electrons. The smallest absolute Gasteiger partial charge is 0.254 e. The third-order valence-corrected chi connectivity index (χ3v) is 5.40. The van der Waals surface area contributed by atoms with E-state index in [1.807, 2.05) is 4.90 Å². The van der Waals surface area contributed by atoms with E-state index in [9.17, 15) is 9.59 Å². The monoisotopic (exact) mass is 383 g/mol. The number of hydrogen-bond acceptors (Lipinski definition) is 3. The largest absolute Gasteiger partial charge is 0.339 e. The third-order valence-electron chi connectivity index (χ3n) is 4.96. The number of amides is 2. The summed E-state index contributed by atoms with van der Waals surface area (Å²) in [5.41, 5.74) is 0.490. The minimum atomic E-state index is -0.0908. The summed E-state index contributed by atoms with van der Waals surface area (Å²) < 4.78 is 0. The molecule has 2 atom stereocenters. The molecule has 2 fully saturated rings. The lowest BCUT2D eigenvalue weighted by Crippen LogP contribution is -2.53. The molecule has 2 heterocycles. The van der Waals surface area contributed by atoms with E-state index >= 15 is 0 Å². The molecule has 2 saturated heterocycles. The van der Waals surface area contributed by atoms with Crippen LogP contribution in [0.25, 0.3) is 0 Å². The predicted octanol–water partition coefficient (Wildman–Crippen LogP) is 2.67. The number of piperazine rings is 1. The SMILES string of the molecule is C[C@H]1C[C@@H](C(=O)N2CCN(C(=O)c3cc(Cl)cc(Cl)c3)CC2)CCN1. The molecule has 2 aliphatic heterocycles. The highest BCUT2D eigenvalue weighted by Crippen LogP contribution is 2.22. The maximum Gasteiger partial charge on any atom is 0.254 e. The van der Waals surface area contributed by atoms with Gasteiger partial charge in [0.25, 0.3) is 5.91 Å². The second kappa shape index (κ2) is 7.94. The third kappa shape index (κ3) is 4.46.